The lowest BCUT2D eigenvalue weighted by Crippen LogP contribution is -2.28. The van der Waals surface area contributed by atoms with Gasteiger partial charge in [0.2, 0.25) is 0 Å². The van der Waals surface area contributed by atoms with E-state index < -0.39 is 5.60 Å². The molecule has 0 bridgehead atoms. The Morgan fingerprint density at radius 3 is 2.79 bits per heavy atom. The molecule has 3 heteroatoms. The van der Waals surface area contributed by atoms with E-state index in [0.717, 1.165) is 38.6 Å². The fourth-order valence-corrected chi connectivity index (χ4v) is 1.64. The molecule has 0 aliphatic carbocycles. The second-order valence-electron chi connectivity index (χ2n) is 4.83. The molecule has 1 saturated heterocycles. The van der Waals surface area contributed by atoms with Gasteiger partial charge in [0.05, 0.1) is 5.60 Å². The molecule has 14 heavy (non-hydrogen) atoms. The number of hydrogen-bond donors (Lipinski definition) is 2. The first kappa shape index (κ1) is 12.0. The minimum atomic E-state index is -0.538. The fraction of sp³-hybridized carbons (Fsp3) is 1.00. The lowest BCUT2D eigenvalue weighted by atomic mass is 10.0. The minimum Gasteiger partial charge on any atom is -0.390 e. The van der Waals surface area contributed by atoms with E-state index in [1.54, 1.807) is 0 Å². The number of rotatable bonds is 6. The first-order valence-corrected chi connectivity index (χ1v) is 5.59. The summed E-state index contributed by atoms with van der Waals surface area (Å²) in [6.07, 6.45) is 3.23. The zero-order chi connectivity index (χ0) is 10.4. The third kappa shape index (κ3) is 5.58. The molecule has 1 unspecified atom stereocenters. The molecule has 1 rings (SSSR count). The Hall–Kier alpha value is -0.120. The molecule has 84 valence electrons. The lowest BCUT2D eigenvalue weighted by Gasteiger charge is -2.17. The molecule has 1 atom stereocenters. The van der Waals surface area contributed by atoms with Crippen molar-refractivity contribution in [3.63, 3.8) is 0 Å². The number of aliphatic hydroxyl groups is 1. The third-order valence-electron chi connectivity index (χ3n) is 2.67. The van der Waals surface area contributed by atoms with Crippen molar-refractivity contribution in [3.05, 3.63) is 0 Å². The highest BCUT2D eigenvalue weighted by Crippen LogP contribution is 2.15. The standard InChI is InChI=1S/C11H23NO2/c1-11(2,13)5-7-12-6-3-10-4-8-14-9-10/h10,12-13H,3-9H2,1-2H3. The van der Waals surface area contributed by atoms with Gasteiger partial charge in [-0.25, -0.2) is 0 Å². The summed E-state index contributed by atoms with van der Waals surface area (Å²) < 4.78 is 5.30. The summed E-state index contributed by atoms with van der Waals surface area (Å²) in [6, 6.07) is 0. The molecule has 0 spiro atoms. The molecule has 3 nitrogen and oxygen atoms in total. The van der Waals surface area contributed by atoms with Crippen molar-refractivity contribution in [1.82, 2.24) is 5.32 Å². The molecule has 1 aliphatic heterocycles. The highest BCUT2D eigenvalue weighted by Gasteiger charge is 2.15. The van der Waals surface area contributed by atoms with Crippen molar-refractivity contribution in [2.75, 3.05) is 26.3 Å². The van der Waals surface area contributed by atoms with E-state index in [4.69, 9.17) is 4.74 Å². The van der Waals surface area contributed by atoms with Gasteiger partial charge in [0.1, 0.15) is 0 Å². The number of nitrogens with one attached hydrogen (secondary N) is 1. The summed E-state index contributed by atoms with van der Waals surface area (Å²) in [4.78, 5) is 0. The molecule has 0 saturated carbocycles. The highest BCUT2D eigenvalue weighted by atomic mass is 16.5. The lowest BCUT2D eigenvalue weighted by molar-refractivity contribution is 0.0711. The van der Waals surface area contributed by atoms with Gasteiger partial charge in [-0.3, -0.25) is 0 Å². The van der Waals surface area contributed by atoms with Crippen molar-refractivity contribution < 1.29 is 9.84 Å². The van der Waals surface area contributed by atoms with E-state index in [-0.39, 0.29) is 0 Å². The summed E-state index contributed by atoms with van der Waals surface area (Å²) in [7, 11) is 0. The van der Waals surface area contributed by atoms with Crippen molar-refractivity contribution in [2.45, 2.75) is 38.7 Å². The van der Waals surface area contributed by atoms with Gasteiger partial charge in [-0.1, -0.05) is 0 Å². The van der Waals surface area contributed by atoms with Crippen molar-refractivity contribution in [3.8, 4) is 0 Å². The van der Waals surface area contributed by atoms with Gasteiger partial charge in [-0.05, 0) is 52.1 Å². The summed E-state index contributed by atoms with van der Waals surface area (Å²) in [6.45, 7) is 7.52. The van der Waals surface area contributed by atoms with Crippen LogP contribution in [-0.2, 0) is 4.74 Å². The largest absolute Gasteiger partial charge is 0.390 e. The highest BCUT2D eigenvalue weighted by molar-refractivity contribution is 4.68. The smallest absolute Gasteiger partial charge is 0.0603 e. The second kappa shape index (κ2) is 5.69. The van der Waals surface area contributed by atoms with Gasteiger partial charge in [0.15, 0.2) is 0 Å². The van der Waals surface area contributed by atoms with Crippen molar-refractivity contribution >= 4 is 0 Å². The van der Waals surface area contributed by atoms with Gasteiger partial charge in [0.25, 0.3) is 0 Å². The van der Waals surface area contributed by atoms with Gasteiger partial charge >= 0.3 is 0 Å². The van der Waals surface area contributed by atoms with Gasteiger partial charge in [-0.15, -0.1) is 0 Å². The van der Waals surface area contributed by atoms with Crippen molar-refractivity contribution in [2.24, 2.45) is 5.92 Å². The summed E-state index contributed by atoms with van der Waals surface area (Å²) in [5.41, 5.74) is -0.538. The van der Waals surface area contributed by atoms with Gasteiger partial charge < -0.3 is 15.2 Å². The molecule has 0 radical (unpaired) electrons. The number of hydrogen-bond acceptors (Lipinski definition) is 3. The topological polar surface area (TPSA) is 41.5 Å². The maximum Gasteiger partial charge on any atom is 0.0603 e. The normalized spacial score (nSPS) is 22.9. The van der Waals surface area contributed by atoms with Crippen LogP contribution in [-0.4, -0.2) is 37.0 Å². The zero-order valence-corrected chi connectivity index (χ0v) is 9.38. The summed E-state index contributed by atoms with van der Waals surface area (Å²) >= 11 is 0. The van der Waals surface area contributed by atoms with E-state index >= 15 is 0 Å². The quantitative estimate of drug-likeness (QED) is 0.634. The van der Waals surface area contributed by atoms with E-state index in [0.29, 0.717) is 0 Å². The van der Waals surface area contributed by atoms with E-state index in [9.17, 15) is 5.11 Å². The Bertz CT molecular complexity index is 148. The predicted molar refractivity (Wildman–Crippen MR) is 57.3 cm³/mol. The molecular weight excluding hydrogens is 178 g/mol. The van der Waals surface area contributed by atoms with E-state index in [1.165, 1.54) is 12.8 Å². The van der Waals surface area contributed by atoms with Crippen LogP contribution in [0, 0.1) is 5.92 Å². The molecule has 1 aliphatic rings. The predicted octanol–water partition coefficient (Wildman–Crippen LogP) is 1.16. The zero-order valence-electron chi connectivity index (χ0n) is 9.38. The van der Waals surface area contributed by atoms with Crippen LogP contribution in [0.25, 0.3) is 0 Å². The summed E-state index contributed by atoms with van der Waals surface area (Å²) in [5.74, 6) is 0.754. The van der Waals surface area contributed by atoms with Crippen LogP contribution in [0.3, 0.4) is 0 Å². The van der Waals surface area contributed by atoms with Crippen LogP contribution >= 0.6 is 0 Å². The SMILES string of the molecule is CC(C)(O)CCNCCC1CCOC1. The molecule has 2 N–H and O–H groups in total. The third-order valence-corrected chi connectivity index (χ3v) is 2.67. The molecule has 0 aromatic heterocycles. The summed E-state index contributed by atoms with van der Waals surface area (Å²) in [5, 5.41) is 12.8. The second-order valence-corrected chi connectivity index (χ2v) is 4.83. The van der Waals surface area contributed by atoms with Gasteiger partial charge in [-0.2, -0.15) is 0 Å². The maximum absolute atomic E-state index is 9.47. The molecule has 0 aromatic carbocycles. The maximum atomic E-state index is 9.47. The van der Waals surface area contributed by atoms with E-state index in [1.807, 2.05) is 13.8 Å². The fourth-order valence-electron chi connectivity index (χ4n) is 1.64. The Balaban J connectivity index is 1.89. The first-order valence-electron chi connectivity index (χ1n) is 5.59. The van der Waals surface area contributed by atoms with Crippen molar-refractivity contribution in [1.29, 1.82) is 0 Å². The van der Waals surface area contributed by atoms with Crippen LogP contribution < -0.4 is 5.32 Å². The first-order chi connectivity index (χ1) is 6.58. The van der Waals surface area contributed by atoms with Crippen LogP contribution in [0.1, 0.15) is 33.1 Å². The average Bonchev–Trinajstić information content (AvgIpc) is 2.54. The average molecular weight is 201 g/mol. The van der Waals surface area contributed by atoms with Gasteiger partial charge in [0, 0.05) is 13.2 Å². The molecule has 1 fully saturated rings. The van der Waals surface area contributed by atoms with Crippen LogP contribution in [0.5, 0.6) is 0 Å². The molecular formula is C11H23NO2. The Kier molecular flexibility index (Phi) is 4.85. The minimum absolute atomic E-state index is 0.538. The Morgan fingerprint density at radius 1 is 1.43 bits per heavy atom. The molecule has 0 aromatic rings. The molecule has 0 amide bonds. The Labute approximate surface area is 86.8 Å². The Morgan fingerprint density at radius 2 is 2.21 bits per heavy atom. The van der Waals surface area contributed by atoms with E-state index in [2.05, 4.69) is 5.32 Å². The molecule has 1 heterocycles. The van der Waals surface area contributed by atoms with Crippen LogP contribution in [0.4, 0.5) is 0 Å². The monoisotopic (exact) mass is 201 g/mol. The van der Waals surface area contributed by atoms with Crippen LogP contribution in [0.15, 0.2) is 0 Å². The van der Waals surface area contributed by atoms with Crippen LogP contribution in [0.2, 0.25) is 0 Å². The number of ether oxygens (including phenoxy) is 1.